The summed E-state index contributed by atoms with van der Waals surface area (Å²) < 4.78 is 25.7. The van der Waals surface area contributed by atoms with Crippen molar-refractivity contribution in [3.63, 3.8) is 0 Å². The van der Waals surface area contributed by atoms with Crippen LogP contribution in [0.25, 0.3) is 0 Å². The molecule has 0 aliphatic carbocycles. The Balaban J connectivity index is 2.33. The normalized spacial score (nSPS) is 13.5. The van der Waals surface area contributed by atoms with Gasteiger partial charge in [-0.2, -0.15) is 0 Å². The minimum atomic E-state index is -3.45. The number of nitrogens with one attached hydrogen (secondary N) is 2. The first-order chi connectivity index (χ1) is 7.93. The first kappa shape index (κ1) is 14.1. The maximum atomic E-state index is 11.6. The minimum absolute atomic E-state index is 0.0245. The smallest absolute Gasteiger partial charge is 0.220 e. The van der Waals surface area contributed by atoms with E-state index in [1.807, 2.05) is 0 Å². The molecule has 0 saturated carbocycles. The number of rotatable bonds is 7. The highest BCUT2D eigenvalue weighted by atomic mass is 32.2. The van der Waals surface area contributed by atoms with Crippen LogP contribution in [0.3, 0.4) is 0 Å². The highest BCUT2D eigenvalue weighted by Gasteiger charge is 2.22. The van der Waals surface area contributed by atoms with E-state index in [4.69, 9.17) is 5.73 Å². The summed E-state index contributed by atoms with van der Waals surface area (Å²) in [5.74, 6) is 0.839. The predicted molar refractivity (Wildman–Crippen MR) is 70.1 cm³/mol. The first-order valence-corrected chi connectivity index (χ1v) is 7.15. The van der Waals surface area contributed by atoms with Gasteiger partial charge in [-0.3, -0.25) is 0 Å². The van der Waals surface area contributed by atoms with Crippen LogP contribution in [0.1, 0.15) is 19.2 Å². The summed E-state index contributed by atoms with van der Waals surface area (Å²) in [7, 11) is -3.45. The zero-order chi connectivity index (χ0) is 12.9. The Kier molecular flexibility index (Phi) is 5.03. The molecule has 4 N–H and O–H groups in total. The van der Waals surface area contributed by atoms with Crippen molar-refractivity contribution in [2.24, 2.45) is 5.73 Å². The lowest BCUT2D eigenvalue weighted by molar-refractivity contribution is 0.575. The molecule has 1 aromatic heterocycles. The Labute approximate surface area is 106 Å². The highest BCUT2D eigenvalue weighted by molar-refractivity contribution is 7.93. The molecule has 0 spiro atoms. The minimum Gasteiger partial charge on any atom is -0.392 e. The molecule has 0 aliphatic heterocycles. The van der Waals surface area contributed by atoms with E-state index in [0.717, 1.165) is 5.82 Å². The number of imidazole rings is 1. The molecule has 1 aromatic rings. The molecule has 0 fully saturated rings. The van der Waals surface area contributed by atoms with Crippen LogP contribution in [0.15, 0.2) is 12.4 Å². The number of hydrogen-bond acceptors (Lipinski definition) is 4. The van der Waals surface area contributed by atoms with Gasteiger partial charge in [-0.1, -0.05) is 12.2 Å². The van der Waals surface area contributed by atoms with Gasteiger partial charge >= 0.3 is 0 Å². The number of aromatic amines is 1. The van der Waals surface area contributed by atoms with Crippen LogP contribution >= 0.6 is 12.2 Å². The average molecular weight is 276 g/mol. The predicted octanol–water partition coefficient (Wildman–Crippen LogP) is -0.0637. The fourth-order valence-corrected chi connectivity index (χ4v) is 2.55. The quantitative estimate of drug-likeness (QED) is 0.478. The molecule has 1 rings (SSSR count). The van der Waals surface area contributed by atoms with Gasteiger partial charge in [0.2, 0.25) is 10.0 Å². The van der Waals surface area contributed by atoms with Crippen LogP contribution < -0.4 is 10.5 Å². The molecule has 1 heterocycles. The molecular formula is C9H16N4O2S2. The number of sulfonamides is 1. The van der Waals surface area contributed by atoms with Crippen molar-refractivity contribution in [3.05, 3.63) is 18.2 Å². The van der Waals surface area contributed by atoms with E-state index in [-0.39, 0.29) is 4.99 Å². The third-order valence-corrected chi connectivity index (χ3v) is 4.61. The number of aromatic nitrogens is 2. The Bertz CT molecular complexity index is 455. The van der Waals surface area contributed by atoms with Crippen LogP contribution in [0.2, 0.25) is 0 Å². The second kappa shape index (κ2) is 6.08. The van der Waals surface area contributed by atoms with Gasteiger partial charge in [-0.05, 0) is 13.3 Å². The second-order valence-corrected chi connectivity index (χ2v) is 6.18. The SMILES string of the molecule is CC(C(N)=S)S(=O)(=O)NCCCc1ncc[nH]1. The molecule has 0 aliphatic rings. The monoisotopic (exact) mass is 276 g/mol. The lowest BCUT2D eigenvalue weighted by Gasteiger charge is -2.11. The molecule has 17 heavy (non-hydrogen) atoms. The fourth-order valence-electron chi connectivity index (χ4n) is 1.18. The van der Waals surface area contributed by atoms with Crippen LogP contribution in [-0.4, -0.2) is 35.2 Å². The van der Waals surface area contributed by atoms with E-state index in [2.05, 4.69) is 26.9 Å². The van der Waals surface area contributed by atoms with Gasteiger partial charge < -0.3 is 10.7 Å². The van der Waals surface area contributed by atoms with Gasteiger partial charge in [-0.15, -0.1) is 0 Å². The van der Waals surface area contributed by atoms with Crippen LogP contribution in [0.4, 0.5) is 0 Å². The Morgan fingerprint density at radius 2 is 2.41 bits per heavy atom. The summed E-state index contributed by atoms with van der Waals surface area (Å²) in [6, 6.07) is 0. The highest BCUT2D eigenvalue weighted by Crippen LogP contribution is 2.00. The second-order valence-electron chi connectivity index (χ2n) is 3.62. The zero-order valence-electron chi connectivity index (χ0n) is 9.51. The van der Waals surface area contributed by atoms with Crippen LogP contribution in [0, 0.1) is 0 Å². The third kappa shape index (κ3) is 4.41. The summed E-state index contributed by atoms with van der Waals surface area (Å²) in [5.41, 5.74) is 5.30. The standard InChI is InChI=1S/C9H16N4O2S2/c1-7(9(10)16)17(14,15)13-4-2-3-8-11-5-6-12-8/h5-7,13H,2-4H2,1H3,(H2,10,16)(H,11,12). The van der Waals surface area contributed by atoms with Crippen LogP contribution in [0.5, 0.6) is 0 Å². The van der Waals surface area contributed by atoms with E-state index in [1.165, 1.54) is 6.92 Å². The van der Waals surface area contributed by atoms with Crippen molar-refractivity contribution in [1.29, 1.82) is 0 Å². The van der Waals surface area contributed by atoms with Crippen molar-refractivity contribution in [3.8, 4) is 0 Å². The van der Waals surface area contributed by atoms with Crippen molar-refractivity contribution in [2.45, 2.75) is 25.0 Å². The molecule has 0 saturated heterocycles. The number of aryl methyl sites for hydroxylation is 1. The molecule has 1 atom stereocenters. The molecule has 0 amide bonds. The Morgan fingerprint density at radius 3 is 2.94 bits per heavy atom. The molecule has 0 aromatic carbocycles. The molecule has 0 radical (unpaired) electrons. The number of H-pyrrole nitrogens is 1. The molecule has 8 heteroatoms. The molecule has 0 bridgehead atoms. The Hall–Kier alpha value is -0.990. The zero-order valence-corrected chi connectivity index (χ0v) is 11.1. The summed E-state index contributed by atoms with van der Waals surface area (Å²) in [6.45, 7) is 1.81. The third-order valence-electron chi connectivity index (χ3n) is 2.31. The largest absolute Gasteiger partial charge is 0.392 e. The first-order valence-electron chi connectivity index (χ1n) is 5.19. The van der Waals surface area contributed by atoms with Gasteiger partial charge in [0.1, 0.15) is 11.1 Å². The number of thiocarbonyl (C=S) groups is 1. The van der Waals surface area contributed by atoms with E-state index in [1.54, 1.807) is 12.4 Å². The summed E-state index contributed by atoms with van der Waals surface area (Å²) in [4.78, 5) is 6.96. The van der Waals surface area contributed by atoms with E-state index in [0.29, 0.717) is 19.4 Å². The molecular weight excluding hydrogens is 260 g/mol. The van der Waals surface area contributed by atoms with Gasteiger partial charge in [-0.25, -0.2) is 18.1 Å². The maximum absolute atomic E-state index is 11.6. The van der Waals surface area contributed by atoms with E-state index >= 15 is 0 Å². The van der Waals surface area contributed by atoms with Crippen molar-refractivity contribution < 1.29 is 8.42 Å². The van der Waals surface area contributed by atoms with Crippen LogP contribution in [-0.2, 0) is 16.4 Å². The van der Waals surface area contributed by atoms with Crippen molar-refractivity contribution in [2.75, 3.05) is 6.54 Å². The van der Waals surface area contributed by atoms with E-state index in [9.17, 15) is 8.42 Å². The lowest BCUT2D eigenvalue weighted by atomic mass is 10.3. The van der Waals surface area contributed by atoms with Gasteiger partial charge in [0, 0.05) is 25.4 Å². The maximum Gasteiger partial charge on any atom is 0.220 e. The van der Waals surface area contributed by atoms with Gasteiger partial charge in [0.05, 0.1) is 4.99 Å². The molecule has 6 nitrogen and oxygen atoms in total. The molecule has 1 unspecified atom stereocenters. The summed E-state index contributed by atoms with van der Waals surface area (Å²) >= 11 is 4.65. The number of nitrogens with zero attached hydrogens (tertiary/aromatic N) is 1. The summed E-state index contributed by atoms with van der Waals surface area (Å²) in [5, 5.41) is -0.846. The van der Waals surface area contributed by atoms with Gasteiger partial charge in [0.25, 0.3) is 0 Å². The van der Waals surface area contributed by atoms with E-state index < -0.39 is 15.3 Å². The fraction of sp³-hybridized carbons (Fsp3) is 0.556. The average Bonchev–Trinajstić information content (AvgIpc) is 2.76. The van der Waals surface area contributed by atoms with Crippen molar-refractivity contribution in [1.82, 2.24) is 14.7 Å². The number of nitrogens with two attached hydrogens (primary N) is 1. The number of hydrogen-bond donors (Lipinski definition) is 3. The summed E-state index contributed by atoms with van der Waals surface area (Å²) in [6.07, 6.45) is 4.75. The lowest BCUT2D eigenvalue weighted by Crippen LogP contribution is -2.40. The molecule has 96 valence electrons. The van der Waals surface area contributed by atoms with Gasteiger partial charge in [0.15, 0.2) is 0 Å². The van der Waals surface area contributed by atoms with Crippen molar-refractivity contribution >= 4 is 27.2 Å². The topological polar surface area (TPSA) is 101 Å². The Morgan fingerprint density at radius 1 is 1.71 bits per heavy atom.